The molecule has 100 valence electrons. The molecule has 1 rings (SSSR count). The third-order valence-electron chi connectivity index (χ3n) is 3.68. The van der Waals surface area contributed by atoms with Gasteiger partial charge in [0.05, 0.1) is 0 Å². The van der Waals surface area contributed by atoms with Crippen LogP contribution < -0.4 is 5.32 Å². The molecule has 0 aromatic heterocycles. The maximum Gasteiger partial charge on any atom is 0.317 e. The van der Waals surface area contributed by atoms with Gasteiger partial charge in [-0.05, 0) is 40.5 Å². The fraction of sp³-hybridized carbons (Fsp3) is 0.923. The van der Waals surface area contributed by atoms with E-state index in [0.717, 1.165) is 25.9 Å². The van der Waals surface area contributed by atoms with Gasteiger partial charge in [0.15, 0.2) is 0 Å². The summed E-state index contributed by atoms with van der Waals surface area (Å²) in [6, 6.07) is 1.28. The summed E-state index contributed by atoms with van der Waals surface area (Å²) in [7, 11) is 1.85. The van der Waals surface area contributed by atoms with Gasteiger partial charge < -0.3 is 15.1 Å². The number of carbonyl (C=O) groups is 1. The number of rotatable bonds is 3. The van der Waals surface area contributed by atoms with Gasteiger partial charge in [-0.2, -0.15) is 0 Å². The van der Waals surface area contributed by atoms with E-state index in [4.69, 9.17) is 0 Å². The van der Waals surface area contributed by atoms with Gasteiger partial charge in [-0.15, -0.1) is 0 Å². The van der Waals surface area contributed by atoms with E-state index in [1.165, 1.54) is 0 Å². The average molecular weight is 241 g/mol. The number of hydrogen-bond acceptors (Lipinski definition) is 2. The van der Waals surface area contributed by atoms with E-state index in [1.54, 1.807) is 4.90 Å². The number of nitrogens with zero attached hydrogens (tertiary/aromatic N) is 2. The first kappa shape index (κ1) is 14.3. The van der Waals surface area contributed by atoms with Gasteiger partial charge in [-0.3, -0.25) is 0 Å². The Bertz CT molecular complexity index is 245. The van der Waals surface area contributed by atoms with E-state index in [0.29, 0.717) is 12.1 Å². The summed E-state index contributed by atoms with van der Waals surface area (Å²) in [6.45, 7) is 10.7. The Kier molecular flexibility index (Phi) is 5.25. The van der Waals surface area contributed by atoms with Crippen LogP contribution in [-0.4, -0.2) is 54.1 Å². The van der Waals surface area contributed by atoms with Crippen molar-refractivity contribution >= 4 is 6.03 Å². The fourth-order valence-corrected chi connectivity index (χ4v) is 2.07. The molecule has 1 fully saturated rings. The minimum Gasteiger partial charge on any atom is -0.335 e. The van der Waals surface area contributed by atoms with Gasteiger partial charge in [0, 0.05) is 38.3 Å². The SMILES string of the molecule is CC(C)N1CCC(NC(=O)N(C)C(C)C)CC1. The predicted octanol–water partition coefficient (Wildman–Crippen LogP) is 1.91. The van der Waals surface area contributed by atoms with E-state index in [-0.39, 0.29) is 12.1 Å². The minimum atomic E-state index is 0.0583. The summed E-state index contributed by atoms with van der Waals surface area (Å²) < 4.78 is 0. The van der Waals surface area contributed by atoms with Crippen LogP contribution in [0.3, 0.4) is 0 Å². The van der Waals surface area contributed by atoms with E-state index >= 15 is 0 Å². The lowest BCUT2D eigenvalue weighted by atomic mass is 10.0. The quantitative estimate of drug-likeness (QED) is 0.819. The highest BCUT2D eigenvalue weighted by molar-refractivity contribution is 5.74. The van der Waals surface area contributed by atoms with Crippen molar-refractivity contribution in [3.63, 3.8) is 0 Å². The summed E-state index contributed by atoms with van der Waals surface area (Å²) in [5, 5.41) is 3.12. The number of amides is 2. The lowest BCUT2D eigenvalue weighted by molar-refractivity contribution is 0.152. The summed E-state index contributed by atoms with van der Waals surface area (Å²) in [6.07, 6.45) is 2.13. The van der Waals surface area contributed by atoms with Crippen molar-refractivity contribution in [3.8, 4) is 0 Å². The molecule has 0 spiro atoms. The lowest BCUT2D eigenvalue weighted by Crippen LogP contribution is -2.50. The minimum absolute atomic E-state index is 0.0583. The summed E-state index contributed by atoms with van der Waals surface area (Å²) >= 11 is 0. The highest BCUT2D eigenvalue weighted by atomic mass is 16.2. The molecule has 0 bridgehead atoms. The van der Waals surface area contributed by atoms with Gasteiger partial charge in [-0.25, -0.2) is 4.79 Å². The third kappa shape index (κ3) is 4.19. The van der Waals surface area contributed by atoms with E-state index in [1.807, 2.05) is 20.9 Å². The average Bonchev–Trinajstić information content (AvgIpc) is 2.28. The van der Waals surface area contributed by atoms with Crippen LogP contribution in [0.25, 0.3) is 0 Å². The maximum atomic E-state index is 11.9. The van der Waals surface area contributed by atoms with Crippen molar-refractivity contribution in [2.24, 2.45) is 0 Å². The second kappa shape index (κ2) is 6.24. The number of carbonyl (C=O) groups excluding carboxylic acids is 1. The van der Waals surface area contributed by atoms with Crippen LogP contribution in [0.2, 0.25) is 0 Å². The zero-order chi connectivity index (χ0) is 13.0. The van der Waals surface area contributed by atoms with Crippen LogP contribution in [0.4, 0.5) is 4.79 Å². The highest BCUT2D eigenvalue weighted by Gasteiger charge is 2.23. The number of nitrogens with one attached hydrogen (secondary N) is 1. The maximum absolute atomic E-state index is 11.9. The fourth-order valence-electron chi connectivity index (χ4n) is 2.07. The monoisotopic (exact) mass is 241 g/mol. The molecule has 1 saturated heterocycles. The molecule has 4 nitrogen and oxygen atoms in total. The third-order valence-corrected chi connectivity index (χ3v) is 3.68. The molecule has 0 aliphatic carbocycles. The number of piperidine rings is 1. The molecule has 0 atom stereocenters. The van der Waals surface area contributed by atoms with Crippen molar-refractivity contribution in [1.29, 1.82) is 0 Å². The Labute approximate surface area is 105 Å². The van der Waals surface area contributed by atoms with Crippen molar-refractivity contribution in [3.05, 3.63) is 0 Å². The highest BCUT2D eigenvalue weighted by Crippen LogP contribution is 2.13. The number of hydrogen-bond donors (Lipinski definition) is 1. The van der Waals surface area contributed by atoms with Crippen molar-refractivity contribution in [2.45, 2.75) is 58.7 Å². The van der Waals surface area contributed by atoms with Gasteiger partial charge in [-0.1, -0.05) is 0 Å². The first-order valence-electron chi connectivity index (χ1n) is 6.69. The number of likely N-dealkylation sites (tertiary alicyclic amines) is 1. The molecule has 0 aromatic carbocycles. The standard InChI is InChI=1S/C13H27N3O/c1-10(2)15(5)13(17)14-12-6-8-16(9-7-12)11(3)4/h10-12H,6-9H2,1-5H3,(H,14,17). The topological polar surface area (TPSA) is 35.6 Å². The summed E-state index contributed by atoms with van der Waals surface area (Å²) in [5.41, 5.74) is 0. The van der Waals surface area contributed by atoms with Crippen LogP contribution in [-0.2, 0) is 0 Å². The molecule has 1 heterocycles. The molecule has 1 N–H and O–H groups in total. The van der Waals surface area contributed by atoms with Crippen LogP contribution in [0.1, 0.15) is 40.5 Å². The molecule has 1 aliphatic rings. The Morgan fingerprint density at radius 3 is 2.18 bits per heavy atom. The Hall–Kier alpha value is -0.770. The van der Waals surface area contributed by atoms with Gasteiger partial charge in [0.1, 0.15) is 0 Å². The first-order chi connectivity index (χ1) is 7.91. The van der Waals surface area contributed by atoms with E-state index < -0.39 is 0 Å². The molecule has 0 radical (unpaired) electrons. The van der Waals surface area contributed by atoms with Crippen LogP contribution in [0.15, 0.2) is 0 Å². The largest absolute Gasteiger partial charge is 0.335 e. The zero-order valence-corrected chi connectivity index (χ0v) is 11.9. The number of urea groups is 1. The van der Waals surface area contributed by atoms with Gasteiger partial charge in [0.2, 0.25) is 0 Å². The summed E-state index contributed by atoms with van der Waals surface area (Å²) in [4.78, 5) is 16.1. The van der Waals surface area contributed by atoms with Crippen LogP contribution in [0, 0.1) is 0 Å². The predicted molar refractivity (Wildman–Crippen MR) is 71.2 cm³/mol. The lowest BCUT2D eigenvalue weighted by Gasteiger charge is -2.35. The first-order valence-corrected chi connectivity index (χ1v) is 6.69. The molecule has 2 amide bonds. The zero-order valence-electron chi connectivity index (χ0n) is 11.9. The van der Waals surface area contributed by atoms with Crippen LogP contribution >= 0.6 is 0 Å². The molecule has 0 aromatic rings. The molecule has 0 saturated carbocycles. The van der Waals surface area contributed by atoms with E-state index in [2.05, 4.69) is 24.1 Å². The van der Waals surface area contributed by atoms with Crippen molar-refractivity contribution < 1.29 is 4.79 Å². The molecule has 17 heavy (non-hydrogen) atoms. The molecule has 4 heteroatoms. The second-order valence-corrected chi connectivity index (χ2v) is 5.56. The smallest absolute Gasteiger partial charge is 0.317 e. The van der Waals surface area contributed by atoms with Gasteiger partial charge in [0.25, 0.3) is 0 Å². The summed E-state index contributed by atoms with van der Waals surface area (Å²) in [5.74, 6) is 0. The molecule has 1 aliphatic heterocycles. The Morgan fingerprint density at radius 2 is 1.76 bits per heavy atom. The van der Waals surface area contributed by atoms with Crippen molar-refractivity contribution in [2.75, 3.05) is 20.1 Å². The van der Waals surface area contributed by atoms with Crippen molar-refractivity contribution in [1.82, 2.24) is 15.1 Å². The Balaban J connectivity index is 2.33. The molecular weight excluding hydrogens is 214 g/mol. The molecular formula is C13H27N3O. The normalized spacial score (nSPS) is 18.8. The molecule has 0 unspecified atom stereocenters. The van der Waals surface area contributed by atoms with E-state index in [9.17, 15) is 4.79 Å². The second-order valence-electron chi connectivity index (χ2n) is 5.56. The van der Waals surface area contributed by atoms with Crippen LogP contribution in [0.5, 0.6) is 0 Å². The van der Waals surface area contributed by atoms with Gasteiger partial charge >= 0.3 is 6.03 Å². The Morgan fingerprint density at radius 1 is 1.24 bits per heavy atom.